The van der Waals surface area contributed by atoms with Crippen LogP contribution < -0.4 is 0 Å². The van der Waals surface area contributed by atoms with Crippen LogP contribution in [0.4, 0.5) is 4.79 Å². The lowest BCUT2D eigenvalue weighted by Crippen LogP contribution is -2.47. The maximum absolute atomic E-state index is 13.1. The standard InChI is InChI=1S/C24H27NO4/c1-4-5-12-17(2)22-21(23(26)28-3)25(24(27)29-22)20(18-13-8-6-9-14-18)19-15-10-7-11-16-19/h4-11,13-17,20-22H,12H2,1-3H3. The summed E-state index contributed by atoms with van der Waals surface area (Å²) in [4.78, 5) is 27.4. The molecule has 3 rings (SSSR count). The zero-order chi connectivity index (χ0) is 20.8. The molecule has 5 nitrogen and oxygen atoms in total. The van der Waals surface area contributed by atoms with Crippen LogP contribution in [0.25, 0.3) is 0 Å². The van der Waals surface area contributed by atoms with E-state index in [0.29, 0.717) is 6.42 Å². The van der Waals surface area contributed by atoms with Crippen LogP contribution in [0.3, 0.4) is 0 Å². The van der Waals surface area contributed by atoms with Crippen molar-refractivity contribution in [3.63, 3.8) is 0 Å². The summed E-state index contributed by atoms with van der Waals surface area (Å²) >= 11 is 0. The Bertz CT molecular complexity index is 810. The van der Waals surface area contributed by atoms with E-state index in [-0.39, 0.29) is 5.92 Å². The van der Waals surface area contributed by atoms with E-state index >= 15 is 0 Å². The number of hydrogen-bond donors (Lipinski definition) is 0. The van der Waals surface area contributed by atoms with Crippen molar-refractivity contribution < 1.29 is 19.1 Å². The Morgan fingerprint density at radius 3 is 2.14 bits per heavy atom. The maximum Gasteiger partial charge on any atom is 0.411 e. The maximum atomic E-state index is 13.1. The molecule has 1 saturated heterocycles. The Balaban J connectivity index is 2.07. The Hall–Kier alpha value is -3.08. The molecular weight excluding hydrogens is 366 g/mol. The van der Waals surface area contributed by atoms with Crippen molar-refractivity contribution in [1.82, 2.24) is 4.90 Å². The number of carbonyl (C=O) groups excluding carboxylic acids is 2. The third-order valence-corrected chi connectivity index (χ3v) is 5.31. The van der Waals surface area contributed by atoms with E-state index in [2.05, 4.69) is 0 Å². The molecule has 1 amide bonds. The van der Waals surface area contributed by atoms with Crippen molar-refractivity contribution in [2.45, 2.75) is 38.5 Å². The summed E-state index contributed by atoms with van der Waals surface area (Å²) < 4.78 is 10.8. The average molecular weight is 393 g/mol. The Labute approximate surface area is 171 Å². The van der Waals surface area contributed by atoms with Gasteiger partial charge in [-0.25, -0.2) is 9.59 Å². The van der Waals surface area contributed by atoms with E-state index in [4.69, 9.17) is 9.47 Å². The summed E-state index contributed by atoms with van der Waals surface area (Å²) in [7, 11) is 1.34. The van der Waals surface area contributed by atoms with E-state index in [1.807, 2.05) is 86.7 Å². The summed E-state index contributed by atoms with van der Waals surface area (Å²) in [6.07, 6.45) is 3.59. The van der Waals surface area contributed by atoms with E-state index in [0.717, 1.165) is 11.1 Å². The van der Waals surface area contributed by atoms with E-state index < -0.39 is 30.3 Å². The molecule has 152 valence electrons. The van der Waals surface area contributed by atoms with Crippen LogP contribution in [0.2, 0.25) is 0 Å². The molecule has 0 spiro atoms. The molecule has 29 heavy (non-hydrogen) atoms. The van der Waals surface area contributed by atoms with Crippen LogP contribution in [0.5, 0.6) is 0 Å². The van der Waals surface area contributed by atoms with Gasteiger partial charge in [0.1, 0.15) is 6.10 Å². The summed E-state index contributed by atoms with van der Waals surface area (Å²) in [6.45, 7) is 3.93. The first-order chi connectivity index (χ1) is 14.1. The number of esters is 1. The van der Waals surface area contributed by atoms with Crippen LogP contribution in [-0.2, 0) is 14.3 Å². The number of allylic oxidation sites excluding steroid dienone is 2. The minimum Gasteiger partial charge on any atom is -0.467 e. The zero-order valence-electron chi connectivity index (χ0n) is 17.0. The molecule has 1 fully saturated rings. The van der Waals surface area contributed by atoms with Gasteiger partial charge in [0.05, 0.1) is 13.2 Å². The first-order valence-electron chi connectivity index (χ1n) is 9.86. The van der Waals surface area contributed by atoms with Crippen molar-refractivity contribution in [2.24, 2.45) is 5.92 Å². The molecule has 5 heteroatoms. The number of ether oxygens (including phenoxy) is 2. The van der Waals surface area contributed by atoms with Crippen molar-refractivity contribution >= 4 is 12.1 Å². The van der Waals surface area contributed by atoms with Crippen LogP contribution in [0.1, 0.15) is 37.4 Å². The lowest BCUT2D eigenvalue weighted by atomic mass is 9.91. The van der Waals surface area contributed by atoms with Gasteiger partial charge in [0.25, 0.3) is 0 Å². The van der Waals surface area contributed by atoms with Gasteiger partial charge < -0.3 is 9.47 Å². The first-order valence-corrected chi connectivity index (χ1v) is 9.86. The number of cyclic esters (lactones) is 1. The molecule has 2 aromatic rings. The second-order valence-electron chi connectivity index (χ2n) is 7.23. The van der Waals surface area contributed by atoms with E-state index in [1.165, 1.54) is 12.0 Å². The number of nitrogens with zero attached hydrogens (tertiary/aromatic N) is 1. The SMILES string of the molecule is CC=CCC(C)C1OC(=O)N(C(c2ccccc2)c2ccccc2)C1C(=O)OC. The molecule has 0 aliphatic carbocycles. The minimum atomic E-state index is -0.821. The van der Waals surface area contributed by atoms with Crippen LogP contribution in [0, 0.1) is 5.92 Å². The number of hydrogen-bond acceptors (Lipinski definition) is 4. The average Bonchev–Trinajstić information content (AvgIpc) is 3.10. The quantitative estimate of drug-likeness (QED) is 0.504. The number of methoxy groups -OCH3 is 1. The Morgan fingerprint density at radius 1 is 1.10 bits per heavy atom. The van der Waals surface area contributed by atoms with Gasteiger partial charge in [-0.1, -0.05) is 79.7 Å². The lowest BCUT2D eigenvalue weighted by molar-refractivity contribution is -0.147. The van der Waals surface area contributed by atoms with Gasteiger partial charge in [-0.05, 0) is 30.4 Å². The fraction of sp³-hybridized carbons (Fsp3) is 0.333. The smallest absolute Gasteiger partial charge is 0.411 e. The highest BCUT2D eigenvalue weighted by Gasteiger charge is 2.52. The third-order valence-electron chi connectivity index (χ3n) is 5.31. The minimum absolute atomic E-state index is 0.0311. The number of carbonyl (C=O) groups is 2. The van der Waals surface area contributed by atoms with Crippen LogP contribution >= 0.6 is 0 Å². The highest BCUT2D eigenvalue weighted by atomic mass is 16.6. The molecule has 0 bridgehead atoms. The molecule has 0 saturated carbocycles. The predicted molar refractivity (Wildman–Crippen MR) is 111 cm³/mol. The second kappa shape index (κ2) is 9.41. The monoisotopic (exact) mass is 393 g/mol. The van der Waals surface area contributed by atoms with Crippen LogP contribution in [-0.4, -0.2) is 36.2 Å². The Kier molecular flexibility index (Phi) is 6.70. The zero-order valence-corrected chi connectivity index (χ0v) is 17.0. The van der Waals surface area contributed by atoms with E-state index in [9.17, 15) is 9.59 Å². The summed E-state index contributed by atoms with van der Waals surface area (Å²) in [5.74, 6) is -0.499. The van der Waals surface area contributed by atoms with Crippen molar-refractivity contribution in [3.05, 3.63) is 83.9 Å². The van der Waals surface area contributed by atoms with Crippen molar-refractivity contribution in [2.75, 3.05) is 7.11 Å². The molecule has 1 heterocycles. The van der Waals surface area contributed by atoms with Gasteiger partial charge >= 0.3 is 12.1 Å². The molecule has 0 aromatic heterocycles. The predicted octanol–water partition coefficient (Wildman–Crippen LogP) is 4.74. The largest absolute Gasteiger partial charge is 0.467 e. The highest BCUT2D eigenvalue weighted by molar-refractivity contribution is 5.85. The van der Waals surface area contributed by atoms with Gasteiger partial charge in [0.15, 0.2) is 6.04 Å². The van der Waals surface area contributed by atoms with Gasteiger partial charge in [-0.15, -0.1) is 0 Å². The Morgan fingerprint density at radius 2 is 1.66 bits per heavy atom. The number of benzene rings is 2. The topological polar surface area (TPSA) is 55.8 Å². The molecule has 0 radical (unpaired) electrons. The summed E-state index contributed by atoms with van der Waals surface area (Å²) in [5, 5.41) is 0. The van der Waals surface area contributed by atoms with Gasteiger partial charge in [-0.2, -0.15) is 0 Å². The molecule has 3 atom stereocenters. The van der Waals surface area contributed by atoms with Crippen molar-refractivity contribution in [1.29, 1.82) is 0 Å². The summed E-state index contributed by atoms with van der Waals surface area (Å²) in [6, 6.07) is 18.1. The van der Waals surface area contributed by atoms with Gasteiger partial charge in [0, 0.05) is 0 Å². The number of rotatable bonds is 7. The van der Waals surface area contributed by atoms with Crippen molar-refractivity contribution in [3.8, 4) is 0 Å². The van der Waals surface area contributed by atoms with Gasteiger partial charge in [0.2, 0.25) is 0 Å². The van der Waals surface area contributed by atoms with Gasteiger partial charge in [-0.3, -0.25) is 4.90 Å². The normalized spacial score (nSPS) is 20.1. The summed E-state index contributed by atoms with van der Waals surface area (Å²) in [5.41, 5.74) is 1.82. The molecule has 1 aliphatic rings. The molecule has 1 aliphatic heterocycles. The third kappa shape index (κ3) is 4.34. The molecule has 2 aromatic carbocycles. The highest BCUT2D eigenvalue weighted by Crippen LogP contribution is 2.38. The van der Waals surface area contributed by atoms with Crippen LogP contribution in [0.15, 0.2) is 72.8 Å². The van der Waals surface area contributed by atoms with E-state index in [1.54, 1.807) is 0 Å². The molecule has 3 unspecified atom stereocenters. The fourth-order valence-corrected chi connectivity index (χ4v) is 3.84. The second-order valence-corrected chi connectivity index (χ2v) is 7.23. The first kappa shape index (κ1) is 20.6. The molecular formula is C24H27NO4. The fourth-order valence-electron chi connectivity index (χ4n) is 3.84. The number of amides is 1. The lowest BCUT2D eigenvalue weighted by Gasteiger charge is -2.32. The molecule has 0 N–H and O–H groups in total.